The monoisotopic (exact) mass is 265 g/mol. The maximum absolute atomic E-state index is 9.34. The Morgan fingerprint density at radius 2 is 2.17 bits per heavy atom. The Labute approximate surface area is 111 Å². The molecule has 2 aromatic rings. The summed E-state index contributed by atoms with van der Waals surface area (Å²) in [5.41, 5.74) is 0.892. The fraction of sp³-hybridized carbons (Fsp3) is 0.500. The maximum atomic E-state index is 9.34. The lowest BCUT2D eigenvalue weighted by Gasteiger charge is -2.16. The van der Waals surface area contributed by atoms with Crippen LogP contribution in [-0.2, 0) is 6.42 Å². The van der Waals surface area contributed by atoms with Crippen molar-refractivity contribution in [1.82, 2.24) is 4.98 Å². The van der Waals surface area contributed by atoms with E-state index in [1.165, 1.54) is 0 Å². The number of hydrogen-bond donors (Lipinski definition) is 1. The van der Waals surface area contributed by atoms with Crippen LogP contribution in [0.25, 0.3) is 11.5 Å². The van der Waals surface area contributed by atoms with E-state index in [2.05, 4.69) is 18.8 Å². The number of thiazole rings is 1. The van der Waals surface area contributed by atoms with Gasteiger partial charge in [-0.3, -0.25) is 0 Å². The van der Waals surface area contributed by atoms with Gasteiger partial charge < -0.3 is 9.52 Å². The van der Waals surface area contributed by atoms with Gasteiger partial charge in [0.1, 0.15) is 11.5 Å². The molecule has 2 rings (SSSR count). The minimum atomic E-state index is 0.215. The standard InChI is InChI=1S/C14H19NO2S/c1-9(2)11(7-16)6-14-15-12(8-18-14)13-5-4-10(3)17-13/h4-5,8-9,11,16H,6-7H2,1-3H3. The first-order valence-corrected chi connectivity index (χ1v) is 7.10. The van der Waals surface area contributed by atoms with Crippen LogP contribution in [0.5, 0.6) is 0 Å². The largest absolute Gasteiger partial charge is 0.460 e. The summed E-state index contributed by atoms with van der Waals surface area (Å²) in [6, 6.07) is 3.89. The molecule has 0 saturated heterocycles. The lowest BCUT2D eigenvalue weighted by atomic mass is 9.94. The highest BCUT2D eigenvalue weighted by Gasteiger charge is 2.16. The van der Waals surface area contributed by atoms with E-state index in [9.17, 15) is 5.11 Å². The van der Waals surface area contributed by atoms with Crippen LogP contribution in [-0.4, -0.2) is 16.7 Å². The summed E-state index contributed by atoms with van der Waals surface area (Å²) in [5.74, 6) is 2.46. The van der Waals surface area contributed by atoms with Crippen LogP contribution in [0, 0.1) is 18.8 Å². The molecule has 18 heavy (non-hydrogen) atoms. The highest BCUT2D eigenvalue weighted by molar-refractivity contribution is 7.09. The summed E-state index contributed by atoms with van der Waals surface area (Å²) in [6.07, 6.45) is 0.832. The maximum Gasteiger partial charge on any atom is 0.153 e. The minimum absolute atomic E-state index is 0.215. The van der Waals surface area contributed by atoms with Gasteiger partial charge in [0.15, 0.2) is 5.76 Å². The predicted octanol–water partition coefficient (Wildman–Crippen LogP) is 3.52. The third-order valence-corrected chi connectivity index (χ3v) is 4.03. The minimum Gasteiger partial charge on any atom is -0.460 e. The number of aryl methyl sites for hydroxylation is 1. The molecule has 1 unspecified atom stereocenters. The lowest BCUT2D eigenvalue weighted by Crippen LogP contribution is -2.16. The second-order valence-electron chi connectivity index (χ2n) is 4.93. The Morgan fingerprint density at radius 1 is 1.39 bits per heavy atom. The summed E-state index contributed by atoms with van der Waals surface area (Å²) >= 11 is 1.63. The van der Waals surface area contributed by atoms with Crippen molar-refractivity contribution in [2.45, 2.75) is 27.2 Å². The van der Waals surface area contributed by atoms with Gasteiger partial charge in [-0.2, -0.15) is 0 Å². The third kappa shape index (κ3) is 3.00. The Balaban J connectivity index is 2.11. The first kappa shape index (κ1) is 13.3. The molecule has 1 N–H and O–H groups in total. The van der Waals surface area contributed by atoms with Gasteiger partial charge in [-0.1, -0.05) is 13.8 Å². The number of aromatic nitrogens is 1. The number of aliphatic hydroxyl groups is 1. The van der Waals surface area contributed by atoms with Gasteiger partial charge in [0.05, 0.1) is 5.01 Å². The van der Waals surface area contributed by atoms with Crippen molar-refractivity contribution >= 4 is 11.3 Å². The van der Waals surface area contributed by atoms with Crippen molar-refractivity contribution in [1.29, 1.82) is 0 Å². The highest BCUT2D eigenvalue weighted by Crippen LogP contribution is 2.26. The summed E-state index contributed by atoms with van der Waals surface area (Å²) in [4.78, 5) is 4.58. The molecule has 1 atom stereocenters. The summed E-state index contributed by atoms with van der Waals surface area (Å²) in [5, 5.41) is 12.4. The van der Waals surface area contributed by atoms with Gasteiger partial charge in [-0.05, 0) is 30.9 Å². The third-order valence-electron chi connectivity index (χ3n) is 3.16. The van der Waals surface area contributed by atoms with E-state index in [0.29, 0.717) is 5.92 Å². The molecular formula is C14H19NO2S. The molecule has 0 aliphatic rings. The molecular weight excluding hydrogens is 246 g/mol. The van der Waals surface area contributed by atoms with Crippen molar-refractivity contribution in [3.05, 3.63) is 28.3 Å². The highest BCUT2D eigenvalue weighted by atomic mass is 32.1. The predicted molar refractivity (Wildman–Crippen MR) is 73.7 cm³/mol. The number of rotatable bonds is 5. The van der Waals surface area contributed by atoms with E-state index in [1.54, 1.807) is 11.3 Å². The zero-order valence-electron chi connectivity index (χ0n) is 11.0. The molecule has 4 heteroatoms. The van der Waals surface area contributed by atoms with E-state index in [1.807, 2.05) is 24.4 Å². The lowest BCUT2D eigenvalue weighted by molar-refractivity contribution is 0.189. The SMILES string of the molecule is Cc1ccc(-c2csc(CC(CO)C(C)C)n2)o1. The Kier molecular flexibility index (Phi) is 4.19. The van der Waals surface area contributed by atoms with Crippen LogP contribution in [0.2, 0.25) is 0 Å². The van der Waals surface area contributed by atoms with Gasteiger partial charge in [-0.15, -0.1) is 11.3 Å². The van der Waals surface area contributed by atoms with Gasteiger partial charge in [0.2, 0.25) is 0 Å². The fourth-order valence-corrected chi connectivity index (χ4v) is 2.70. The topological polar surface area (TPSA) is 46.3 Å². The molecule has 0 bridgehead atoms. The summed E-state index contributed by atoms with van der Waals surface area (Å²) in [6.45, 7) is 6.40. The smallest absolute Gasteiger partial charge is 0.153 e. The first-order valence-electron chi connectivity index (χ1n) is 6.22. The molecule has 0 amide bonds. The molecule has 2 heterocycles. The van der Waals surface area contributed by atoms with Crippen LogP contribution in [0.4, 0.5) is 0 Å². The van der Waals surface area contributed by atoms with Gasteiger partial charge >= 0.3 is 0 Å². The molecule has 0 aliphatic carbocycles. The quantitative estimate of drug-likeness (QED) is 0.899. The summed E-state index contributed by atoms with van der Waals surface area (Å²) in [7, 11) is 0. The Hall–Kier alpha value is -1.13. The molecule has 0 aliphatic heterocycles. The number of nitrogens with zero attached hydrogens (tertiary/aromatic N) is 1. The van der Waals surface area contributed by atoms with Crippen molar-refractivity contribution in [3.63, 3.8) is 0 Å². The molecule has 0 radical (unpaired) electrons. The van der Waals surface area contributed by atoms with E-state index >= 15 is 0 Å². The zero-order chi connectivity index (χ0) is 13.1. The van der Waals surface area contributed by atoms with Gasteiger partial charge in [-0.25, -0.2) is 4.98 Å². The number of aliphatic hydroxyl groups excluding tert-OH is 1. The van der Waals surface area contributed by atoms with Crippen molar-refractivity contribution < 1.29 is 9.52 Å². The molecule has 0 fully saturated rings. The van der Waals surface area contributed by atoms with E-state index in [0.717, 1.165) is 28.6 Å². The van der Waals surface area contributed by atoms with Crippen LogP contribution < -0.4 is 0 Å². The average Bonchev–Trinajstić information content (AvgIpc) is 2.94. The Morgan fingerprint density at radius 3 is 2.72 bits per heavy atom. The molecule has 3 nitrogen and oxygen atoms in total. The van der Waals surface area contributed by atoms with Crippen LogP contribution in [0.1, 0.15) is 24.6 Å². The fourth-order valence-electron chi connectivity index (χ4n) is 1.83. The molecule has 0 spiro atoms. The van der Waals surface area contributed by atoms with Gasteiger partial charge in [0.25, 0.3) is 0 Å². The molecule has 0 saturated carbocycles. The van der Waals surface area contributed by atoms with E-state index in [4.69, 9.17) is 4.42 Å². The second kappa shape index (κ2) is 5.67. The van der Waals surface area contributed by atoms with E-state index in [-0.39, 0.29) is 12.5 Å². The molecule has 0 aromatic carbocycles. The van der Waals surface area contributed by atoms with Crippen LogP contribution >= 0.6 is 11.3 Å². The van der Waals surface area contributed by atoms with Crippen molar-refractivity contribution in [2.75, 3.05) is 6.61 Å². The van der Waals surface area contributed by atoms with Gasteiger partial charge in [0, 0.05) is 18.4 Å². The first-order chi connectivity index (χ1) is 8.60. The zero-order valence-corrected chi connectivity index (χ0v) is 11.8. The second-order valence-corrected chi connectivity index (χ2v) is 5.87. The van der Waals surface area contributed by atoms with Crippen molar-refractivity contribution in [3.8, 4) is 11.5 Å². The van der Waals surface area contributed by atoms with Crippen molar-refractivity contribution in [2.24, 2.45) is 11.8 Å². The van der Waals surface area contributed by atoms with Crippen LogP contribution in [0.3, 0.4) is 0 Å². The molecule has 2 aromatic heterocycles. The number of furan rings is 1. The van der Waals surface area contributed by atoms with E-state index < -0.39 is 0 Å². The normalized spacial score (nSPS) is 13.2. The average molecular weight is 265 g/mol. The summed E-state index contributed by atoms with van der Waals surface area (Å²) < 4.78 is 5.56. The van der Waals surface area contributed by atoms with Crippen LogP contribution in [0.15, 0.2) is 21.9 Å². The Bertz CT molecular complexity index is 501. The number of hydrogen-bond acceptors (Lipinski definition) is 4. The molecule has 98 valence electrons.